The summed E-state index contributed by atoms with van der Waals surface area (Å²) in [5.74, 6) is -0.248. The third-order valence-corrected chi connectivity index (χ3v) is 5.19. The van der Waals surface area contributed by atoms with Gasteiger partial charge in [-0.1, -0.05) is 30.3 Å². The van der Waals surface area contributed by atoms with E-state index in [1.807, 2.05) is 24.3 Å². The van der Waals surface area contributed by atoms with Gasteiger partial charge in [0.2, 0.25) is 0 Å². The first-order valence-corrected chi connectivity index (χ1v) is 9.77. The highest BCUT2D eigenvalue weighted by molar-refractivity contribution is 6.39. The molecule has 3 aromatic rings. The van der Waals surface area contributed by atoms with Gasteiger partial charge < -0.3 is 24.7 Å². The van der Waals surface area contributed by atoms with Gasteiger partial charge in [-0.15, -0.1) is 0 Å². The first-order chi connectivity index (χ1) is 14.7. The van der Waals surface area contributed by atoms with E-state index in [0.717, 1.165) is 24.4 Å². The molecule has 0 radical (unpaired) electrons. The van der Waals surface area contributed by atoms with E-state index in [9.17, 15) is 9.59 Å². The third-order valence-electron chi connectivity index (χ3n) is 5.19. The zero-order valence-corrected chi connectivity index (χ0v) is 16.6. The van der Waals surface area contributed by atoms with E-state index in [4.69, 9.17) is 9.15 Å². The molecular formula is C23H23N3O4. The molecule has 0 unspecified atom stereocenters. The van der Waals surface area contributed by atoms with Gasteiger partial charge >= 0.3 is 11.8 Å². The summed E-state index contributed by atoms with van der Waals surface area (Å²) in [6, 6.07) is 18.6. The average molecular weight is 405 g/mol. The largest absolute Gasteiger partial charge is 0.495 e. The summed E-state index contributed by atoms with van der Waals surface area (Å²) in [5, 5.41) is 5.33. The monoisotopic (exact) mass is 405 g/mol. The van der Waals surface area contributed by atoms with Crippen LogP contribution in [-0.4, -0.2) is 32.0 Å². The van der Waals surface area contributed by atoms with E-state index in [0.29, 0.717) is 11.4 Å². The van der Waals surface area contributed by atoms with Gasteiger partial charge in [-0.2, -0.15) is 0 Å². The van der Waals surface area contributed by atoms with Crippen LogP contribution in [0.2, 0.25) is 0 Å². The number of ether oxygens (including phenoxy) is 1. The maximum atomic E-state index is 12.5. The second kappa shape index (κ2) is 8.73. The van der Waals surface area contributed by atoms with E-state index in [2.05, 4.69) is 27.7 Å². The number of nitrogens with one attached hydrogen (secondary N) is 2. The summed E-state index contributed by atoms with van der Waals surface area (Å²) < 4.78 is 10.8. The van der Waals surface area contributed by atoms with Crippen LogP contribution in [0.15, 0.2) is 71.3 Å². The molecule has 1 aromatic heterocycles. The maximum absolute atomic E-state index is 12.5. The molecular weight excluding hydrogens is 382 g/mol. The molecule has 4 rings (SSSR count). The van der Waals surface area contributed by atoms with Crippen molar-refractivity contribution in [3.05, 3.63) is 78.3 Å². The lowest BCUT2D eigenvalue weighted by molar-refractivity contribution is -0.136. The van der Waals surface area contributed by atoms with Crippen molar-refractivity contribution < 1.29 is 18.7 Å². The van der Waals surface area contributed by atoms with Crippen LogP contribution < -0.4 is 20.3 Å². The number of furan rings is 1. The number of benzene rings is 2. The zero-order valence-electron chi connectivity index (χ0n) is 16.6. The van der Waals surface area contributed by atoms with Crippen molar-refractivity contribution in [1.82, 2.24) is 5.32 Å². The Kier molecular flexibility index (Phi) is 5.70. The van der Waals surface area contributed by atoms with Crippen molar-refractivity contribution >= 4 is 23.2 Å². The lowest BCUT2D eigenvalue weighted by Gasteiger charge is -2.29. The number of carbonyl (C=O) groups excluding carboxylic acids is 2. The van der Waals surface area contributed by atoms with Crippen LogP contribution in [0.3, 0.4) is 0 Å². The van der Waals surface area contributed by atoms with Crippen LogP contribution in [0.25, 0.3) is 0 Å². The van der Waals surface area contributed by atoms with E-state index in [1.165, 1.54) is 12.7 Å². The number of rotatable bonds is 6. The quantitative estimate of drug-likeness (QED) is 0.616. The number of nitrogens with zero attached hydrogens (tertiary/aromatic N) is 1. The summed E-state index contributed by atoms with van der Waals surface area (Å²) in [4.78, 5) is 27.1. The Labute approximate surface area is 174 Å². The van der Waals surface area contributed by atoms with Gasteiger partial charge in [0.15, 0.2) is 0 Å². The molecule has 154 valence electrons. The molecule has 1 aliphatic rings. The van der Waals surface area contributed by atoms with E-state index < -0.39 is 11.8 Å². The number of carbonyl (C=O) groups is 2. The van der Waals surface area contributed by atoms with Crippen LogP contribution in [0, 0.1) is 0 Å². The van der Waals surface area contributed by atoms with Gasteiger partial charge in [0.1, 0.15) is 17.6 Å². The molecule has 2 aromatic carbocycles. The van der Waals surface area contributed by atoms with Crippen molar-refractivity contribution in [2.45, 2.75) is 12.5 Å². The van der Waals surface area contributed by atoms with Crippen LogP contribution in [0.1, 0.15) is 17.4 Å². The van der Waals surface area contributed by atoms with Crippen molar-refractivity contribution in [1.29, 1.82) is 0 Å². The zero-order chi connectivity index (χ0) is 20.9. The highest BCUT2D eigenvalue weighted by Crippen LogP contribution is 2.35. The van der Waals surface area contributed by atoms with Gasteiger partial charge in [-0.25, -0.2) is 0 Å². The third kappa shape index (κ3) is 4.00. The Morgan fingerprint density at radius 1 is 1.07 bits per heavy atom. The fraction of sp³-hybridized carbons (Fsp3) is 0.217. The minimum atomic E-state index is -0.750. The van der Waals surface area contributed by atoms with Crippen LogP contribution in [0.5, 0.6) is 5.75 Å². The minimum absolute atomic E-state index is 0.216. The standard InChI is InChI=1S/C23H23N3O4/c1-29-20-10-5-3-8-17(20)25-23(28)22(27)24-15-19(21-11-6-14-30-21)26-13-12-16-7-2-4-9-18(16)26/h2-11,14,19H,12-13,15H2,1H3,(H,24,27)(H,25,28)/t19-/m1/s1. The molecule has 0 spiro atoms. The minimum Gasteiger partial charge on any atom is -0.495 e. The number of hydrogen-bond acceptors (Lipinski definition) is 5. The maximum Gasteiger partial charge on any atom is 0.313 e. The van der Waals surface area contributed by atoms with Crippen LogP contribution in [0.4, 0.5) is 11.4 Å². The molecule has 0 bridgehead atoms. The molecule has 7 nitrogen and oxygen atoms in total. The molecule has 0 saturated heterocycles. The predicted molar refractivity (Wildman–Crippen MR) is 114 cm³/mol. The fourth-order valence-corrected chi connectivity index (χ4v) is 3.73. The highest BCUT2D eigenvalue weighted by atomic mass is 16.5. The second-order valence-corrected chi connectivity index (χ2v) is 6.97. The Balaban J connectivity index is 1.45. The number of fused-ring (bicyclic) bond motifs is 1. The highest BCUT2D eigenvalue weighted by Gasteiger charge is 2.29. The van der Waals surface area contributed by atoms with E-state index in [1.54, 1.807) is 30.5 Å². The molecule has 2 heterocycles. The number of methoxy groups -OCH3 is 1. The van der Waals surface area contributed by atoms with Crippen molar-refractivity contribution in [2.75, 3.05) is 30.4 Å². The van der Waals surface area contributed by atoms with Crippen LogP contribution >= 0.6 is 0 Å². The molecule has 0 saturated carbocycles. The Bertz CT molecular complexity index is 1030. The summed E-state index contributed by atoms with van der Waals surface area (Å²) in [7, 11) is 1.51. The van der Waals surface area contributed by atoms with Crippen LogP contribution in [-0.2, 0) is 16.0 Å². The van der Waals surface area contributed by atoms with Gasteiger partial charge in [-0.3, -0.25) is 9.59 Å². The smallest absolute Gasteiger partial charge is 0.313 e. The van der Waals surface area contributed by atoms with Crippen molar-refractivity contribution in [3.63, 3.8) is 0 Å². The molecule has 0 aliphatic carbocycles. The predicted octanol–water partition coefficient (Wildman–Crippen LogP) is 3.15. The summed E-state index contributed by atoms with van der Waals surface area (Å²) in [5.41, 5.74) is 2.82. The van der Waals surface area contributed by atoms with Gasteiger partial charge in [0.05, 0.1) is 19.1 Å². The SMILES string of the molecule is COc1ccccc1NC(=O)C(=O)NC[C@H](c1ccco1)N1CCc2ccccc21. The molecule has 0 fully saturated rings. The number of amides is 2. The molecule has 7 heteroatoms. The van der Waals surface area contributed by atoms with Gasteiger partial charge in [0, 0.05) is 18.8 Å². The van der Waals surface area contributed by atoms with Crippen molar-refractivity contribution in [3.8, 4) is 5.75 Å². The van der Waals surface area contributed by atoms with Gasteiger partial charge in [-0.05, 0) is 42.3 Å². The first kappa shape index (κ1) is 19.6. The van der Waals surface area contributed by atoms with E-state index in [-0.39, 0.29) is 12.6 Å². The summed E-state index contributed by atoms with van der Waals surface area (Å²) >= 11 is 0. The number of anilines is 2. The Hall–Kier alpha value is -3.74. The summed E-state index contributed by atoms with van der Waals surface area (Å²) in [6.45, 7) is 1.05. The topological polar surface area (TPSA) is 83.8 Å². The molecule has 1 aliphatic heterocycles. The fourth-order valence-electron chi connectivity index (χ4n) is 3.73. The lowest BCUT2D eigenvalue weighted by atomic mass is 10.1. The van der Waals surface area contributed by atoms with E-state index >= 15 is 0 Å². The van der Waals surface area contributed by atoms with Gasteiger partial charge in [0.25, 0.3) is 0 Å². The molecule has 2 amide bonds. The number of hydrogen-bond donors (Lipinski definition) is 2. The Morgan fingerprint density at radius 3 is 2.67 bits per heavy atom. The lowest BCUT2D eigenvalue weighted by Crippen LogP contribution is -2.41. The Morgan fingerprint density at radius 2 is 1.87 bits per heavy atom. The molecule has 30 heavy (non-hydrogen) atoms. The second-order valence-electron chi connectivity index (χ2n) is 6.97. The molecule has 1 atom stereocenters. The first-order valence-electron chi connectivity index (χ1n) is 9.77. The number of para-hydroxylation sites is 3. The summed E-state index contributed by atoms with van der Waals surface area (Å²) in [6.07, 6.45) is 2.54. The van der Waals surface area contributed by atoms with Crippen molar-refractivity contribution in [2.24, 2.45) is 0 Å². The normalized spacial score (nSPS) is 13.4. The average Bonchev–Trinajstić information content (AvgIpc) is 3.45. The molecule has 2 N–H and O–H groups in total.